The second-order valence-electron chi connectivity index (χ2n) is 7.30. The number of hydrogen-bond donors (Lipinski definition) is 0. The topological polar surface area (TPSA) is 58.8 Å². The van der Waals surface area contributed by atoms with E-state index >= 15 is 0 Å². The fourth-order valence-corrected chi connectivity index (χ4v) is 2.52. The Labute approximate surface area is 169 Å². The lowest BCUT2D eigenvalue weighted by atomic mass is 10.1. The van der Waals surface area contributed by atoms with Gasteiger partial charge in [0, 0.05) is 32.6 Å². The van der Waals surface area contributed by atoms with Gasteiger partial charge in [-0.05, 0) is 33.3 Å². The zero-order chi connectivity index (χ0) is 21.2. The molecule has 2 heterocycles. The van der Waals surface area contributed by atoms with E-state index in [4.69, 9.17) is 9.15 Å². The van der Waals surface area contributed by atoms with Crippen molar-refractivity contribution in [3.05, 3.63) is 48.4 Å². The molecule has 1 saturated heterocycles. The van der Waals surface area contributed by atoms with E-state index in [9.17, 15) is 4.79 Å². The van der Waals surface area contributed by atoms with Crippen molar-refractivity contribution in [3.8, 4) is 0 Å². The molecule has 156 valence electrons. The van der Waals surface area contributed by atoms with Crippen LogP contribution < -0.4 is 4.90 Å². The predicted molar refractivity (Wildman–Crippen MR) is 115 cm³/mol. The molecule has 0 unspecified atom stereocenters. The van der Waals surface area contributed by atoms with Crippen molar-refractivity contribution in [2.45, 2.75) is 53.6 Å². The van der Waals surface area contributed by atoms with Gasteiger partial charge in [0.2, 0.25) is 0 Å². The fraction of sp³-hybridized carbons (Fsp3) is 0.545. The van der Waals surface area contributed by atoms with Crippen LogP contribution in [0.5, 0.6) is 0 Å². The summed E-state index contributed by atoms with van der Waals surface area (Å²) >= 11 is 0. The van der Waals surface area contributed by atoms with Gasteiger partial charge in [-0.2, -0.15) is 4.98 Å². The maximum Gasteiger partial charge on any atom is 0.410 e. The van der Waals surface area contributed by atoms with E-state index in [1.54, 1.807) is 11.2 Å². The second-order valence-corrected chi connectivity index (χ2v) is 7.30. The lowest BCUT2D eigenvalue weighted by molar-refractivity contribution is 0.0239. The summed E-state index contributed by atoms with van der Waals surface area (Å²) < 4.78 is 11.0. The van der Waals surface area contributed by atoms with Crippen LogP contribution in [0.1, 0.15) is 47.2 Å². The molecule has 1 fully saturated rings. The Hall–Kier alpha value is -2.50. The summed E-state index contributed by atoms with van der Waals surface area (Å²) in [6, 6.07) is 0.592. The minimum atomic E-state index is -0.477. The van der Waals surface area contributed by atoms with Gasteiger partial charge in [0.05, 0.1) is 5.69 Å². The van der Waals surface area contributed by atoms with Gasteiger partial charge in [-0.15, -0.1) is 0 Å². The fourth-order valence-electron chi connectivity index (χ4n) is 2.52. The van der Waals surface area contributed by atoms with E-state index in [0.29, 0.717) is 38.6 Å². The number of anilines is 1. The molecule has 1 aliphatic heterocycles. The number of hydrogen-bond acceptors (Lipinski definition) is 5. The molecule has 1 aliphatic rings. The Kier molecular flexibility index (Phi) is 9.56. The third-order valence-corrected chi connectivity index (χ3v) is 3.79. The van der Waals surface area contributed by atoms with Crippen LogP contribution in [0.3, 0.4) is 0 Å². The smallest absolute Gasteiger partial charge is 0.410 e. The molecule has 0 saturated carbocycles. The molecule has 0 radical (unpaired) electrons. The van der Waals surface area contributed by atoms with Crippen LogP contribution in [0, 0.1) is 0 Å². The second kappa shape index (κ2) is 11.4. The Bertz CT molecular complexity index is 675. The average molecular weight is 390 g/mol. The van der Waals surface area contributed by atoms with Crippen LogP contribution in [-0.4, -0.2) is 47.8 Å². The van der Waals surface area contributed by atoms with Crippen molar-refractivity contribution in [1.82, 2.24) is 9.88 Å². The van der Waals surface area contributed by atoms with E-state index in [1.807, 2.05) is 70.7 Å². The quantitative estimate of drug-likeness (QED) is 0.664. The molecular formula is C22H35N3O3. The maximum absolute atomic E-state index is 12.1. The van der Waals surface area contributed by atoms with Gasteiger partial charge in [0.15, 0.2) is 0 Å². The number of carbonyl (C=O) groups excluding carboxylic acids is 1. The third kappa shape index (κ3) is 8.03. The minimum absolute atomic E-state index is 0.269. The number of rotatable bonds is 5. The van der Waals surface area contributed by atoms with Crippen LogP contribution in [0.4, 0.5) is 10.8 Å². The molecule has 0 aromatic carbocycles. The lowest BCUT2D eigenvalue weighted by Crippen LogP contribution is -2.50. The Balaban J connectivity index is 0.00000190. The molecule has 1 aromatic rings. The summed E-state index contributed by atoms with van der Waals surface area (Å²) in [5.41, 5.74) is 1.34. The van der Waals surface area contributed by atoms with Crippen LogP contribution in [0.2, 0.25) is 0 Å². The number of nitrogens with zero attached hydrogens (tertiary/aromatic N) is 3. The molecular weight excluding hydrogens is 354 g/mol. The number of aromatic nitrogens is 1. The van der Waals surface area contributed by atoms with Crippen LogP contribution >= 0.6 is 0 Å². The third-order valence-electron chi connectivity index (χ3n) is 3.79. The highest BCUT2D eigenvalue weighted by Crippen LogP contribution is 2.19. The summed E-state index contributed by atoms with van der Waals surface area (Å²) in [6.07, 6.45) is 9.90. The SMILES string of the molecule is C=C(/C=C\C=C/C)Cc1coc(N2CCN(C(=O)OC(C)(C)C)CC2)n1.CC. The first kappa shape index (κ1) is 23.5. The minimum Gasteiger partial charge on any atom is -0.444 e. The van der Waals surface area contributed by atoms with Gasteiger partial charge in [-0.1, -0.05) is 44.7 Å². The standard InChI is InChI=1S/C20H29N3O3.C2H6/c1-6-7-8-9-16(2)14-17-15-25-18(21-17)22-10-12-23(13-11-22)19(24)26-20(3,4)5;1-2/h6-9,15H,2,10-14H2,1,3-5H3;1-2H3/b7-6-,9-8-;. The van der Waals surface area contributed by atoms with Gasteiger partial charge in [-0.3, -0.25) is 0 Å². The molecule has 6 heteroatoms. The summed E-state index contributed by atoms with van der Waals surface area (Å²) in [5.74, 6) is 0. The number of allylic oxidation sites excluding steroid dienone is 5. The zero-order valence-electron chi connectivity index (χ0n) is 18.2. The van der Waals surface area contributed by atoms with E-state index in [-0.39, 0.29) is 6.09 Å². The van der Waals surface area contributed by atoms with Crippen molar-refractivity contribution in [2.75, 3.05) is 31.1 Å². The number of ether oxygens (including phenoxy) is 1. The molecule has 2 rings (SSSR count). The number of piperazine rings is 1. The molecule has 0 N–H and O–H groups in total. The first-order valence-electron chi connectivity index (χ1n) is 9.93. The van der Waals surface area contributed by atoms with Crippen molar-refractivity contribution in [3.63, 3.8) is 0 Å². The predicted octanol–water partition coefficient (Wildman–Crippen LogP) is 4.99. The van der Waals surface area contributed by atoms with Crippen LogP contribution in [0.15, 0.2) is 47.1 Å². The lowest BCUT2D eigenvalue weighted by Gasteiger charge is -2.34. The molecule has 0 aliphatic carbocycles. The van der Waals surface area contributed by atoms with Gasteiger partial charge >= 0.3 is 6.09 Å². The Morgan fingerprint density at radius 2 is 1.89 bits per heavy atom. The highest BCUT2D eigenvalue weighted by molar-refractivity contribution is 5.68. The van der Waals surface area contributed by atoms with Crippen molar-refractivity contribution in [2.24, 2.45) is 0 Å². The van der Waals surface area contributed by atoms with E-state index in [0.717, 1.165) is 11.3 Å². The monoisotopic (exact) mass is 389 g/mol. The first-order chi connectivity index (χ1) is 13.3. The first-order valence-corrected chi connectivity index (χ1v) is 9.93. The molecule has 0 spiro atoms. The number of carbonyl (C=O) groups is 1. The summed E-state index contributed by atoms with van der Waals surface area (Å²) in [4.78, 5) is 20.4. The average Bonchev–Trinajstić information content (AvgIpc) is 3.11. The number of amides is 1. The van der Waals surface area contributed by atoms with Crippen LogP contribution in [0.25, 0.3) is 0 Å². The van der Waals surface area contributed by atoms with E-state index < -0.39 is 5.60 Å². The normalized spacial score (nSPS) is 14.9. The largest absolute Gasteiger partial charge is 0.444 e. The molecule has 0 atom stereocenters. The molecule has 6 nitrogen and oxygen atoms in total. The summed E-state index contributed by atoms with van der Waals surface area (Å²) in [5, 5.41) is 0. The molecule has 28 heavy (non-hydrogen) atoms. The Morgan fingerprint density at radius 3 is 2.46 bits per heavy atom. The zero-order valence-corrected chi connectivity index (χ0v) is 18.2. The van der Waals surface area contributed by atoms with Gasteiger partial charge < -0.3 is 19.0 Å². The van der Waals surface area contributed by atoms with E-state index in [1.165, 1.54) is 0 Å². The van der Waals surface area contributed by atoms with Gasteiger partial charge in [-0.25, -0.2) is 4.79 Å². The summed E-state index contributed by atoms with van der Waals surface area (Å²) in [7, 11) is 0. The maximum atomic E-state index is 12.1. The molecule has 0 bridgehead atoms. The van der Waals surface area contributed by atoms with Crippen molar-refractivity contribution < 1.29 is 13.9 Å². The van der Waals surface area contributed by atoms with Crippen molar-refractivity contribution in [1.29, 1.82) is 0 Å². The summed E-state index contributed by atoms with van der Waals surface area (Å²) in [6.45, 7) is 18.1. The Morgan fingerprint density at radius 1 is 1.25 bits per heavy atom. The highest BCUT2D eigenvalue weighted by atomic mass is 16.6. The highest BCUT2D eigenvalue weighted by Gasteiger charge is 2.27. The molecule has 1 aromatic heterocycles. The van der Waals surface area contributed by atoms with Gasteiger partial charge in [0.25, 0.3) is 6.01 Å². The molecule has 1 amide bonds. The van der Waals surface area contributed by atoms with Gasteiger partial charge in [0.1, 0.15) is 11.9 Å². The number of oxazole rings is 1. The van der Waals surface area contributed by atoms with Crippen molar-refractivity contribution >= 4 is 12.1 Å². The van der Waals surface area contributed by atoms with E-state index in [2.05, 4.69) is 11.6 Å². The van der Waals surface area contributed by atoms with Crippen LogP contribution in [-0.2, 0) is 11.2 Å².